The zero-order chi connectivity index (χ0) is 14.2. The summed E-state index contributed by atoms with van der Waals surface area (Å²) in [6, 6.07) is 6.39. The van der Waals surface area contributed by atoms with E-state index in [1.54, 1.807) is 6.07 Å². The highest BCUT2D eigenvalue weighted by Crippen LogP contribution is 2.32. The highest BCUT2D eigenvalue weighted by atomic mass is 19.1. The Morgan fingerprint density at radius 3 is 3.24 bits per heavy atom. The lowest BCUT2D eigenvalue weighted by atomic mass is 10.1. The van der Waals surface area contributed by atoms with Crippen LogP contribution in [0.3, 0.4) is 0 Å². The van der Waals surface area contributed by atoms with Gasteiger partial charge in [-0.3, -0.25) is 4.90 Å². The summed E-state index contributed by atoms with van der Waals surface area (Å²) in [6.07, 6.45) is 4.71. The number of hydrogen-bond donors (Lipinski definition) is 1. The summed E-state index contributed by atoms with van der Waals surface area (Å²) in [5, 5.41) is 3.60. The molecule has 0 spiro atoms. The number of morpholine rings is 1. The minimum Gasteiger partial charge on any atom is -0.374 e. The standard InChI is InChI=1S/C17H23FN2O/c18-16-5-1-4-15-14(16)6-7-17(15)19-9-13-10-20-8-2-3-12(20)11-21-13/h1,4-5,12-13,17,19H,2-3,6-11H2. The number of ether oxygens (including phenoxy) is 1. The summed E-state index contributed by atoms with van der Waals surface area (Å²) in [7, 11) is 0. The van der Waals surface area contributed by atoms with Crippen molar-refractivity contribution in [3.05, 3.63) is 35.1 Å². The fourth-order valence-corrected chi connectivity index (χ4v) is 4.10. The molecule has 2 aliphatic heterocycles. The van der Waals surface area contributed by atoms with Crippen LogP contribution in [0.15, 0.2) is 18.2 Å². The van der Waals surface area contributed by atoms with Crippen molar-refractivity contribution in [3.8, 4) is 0 Å². The Hall–Kier alpha value is -0.970. The third kappa shape index (κ3) is 2.60. The van der Waals surface area contributed by atoms with E-state index in [1.807, 2.05) is 6.07 Å². The Balaban J connectivity index is 1.35. The van der Waals surface area contributed by atoms with Gasteiger partial charge in [-0.2, -0.15) is 0 Å². The molecule has 2 saturated heterocycles. The molecular weight excluding hydrogens is 267 g/mol. The van der Waals surface area contributed by atoms with Gasteiger partial charge in [0.2, 0.25) is 0 Å². The average molecular weight is 290 g/mol. The third-order valence-corrected chi connectivity index (χ3v) is 5.27. The Kier molecular flexibility index (Phi) is 3.69. The molecular formula is C17H23FN2O. The second-order valence-corrected chi connectivity index (χ2v) is 6.55. The normalized spacial score (nSPS) is 32.1. The lowest BCUT2D eigenvalue weighted by Gasteiger charge is -2.35. The molecule has 3 unspecified atom stereocenters. The van der Waals surface area contributed by atoms with E-state index in [0.717, 1.165) is 43.7 Å². The molecule has 2 heterocycles. The van der Waals surface area contributed by atoms with Crippen LogP contribution in [-0.2, 0) is 11.2 Å². The molecule has 0 radical (unpaired) electrons. The molecule has 1 aliphatic carbocycles. The Bertz CT molecular complexity index is 522. The lowest BCUT2D eigenvalue weighted by molar-refractivity contribution is -0.0478. The molecule has 2 fully saturated rings. The summed E-state index contributed by atoms with van der Waals surface area (Å²) < 4.78 is 19.7. The number of rotatable bonds is 3. The third-order valence-electron chi connectivity index (χ3n) is 5.27. The average Bonchev–Trinajstić information content (AvgIpc) is 3.12. The van der Waals surface area contributed by atoms with Crippen molar-refractivity contribution in [2.24, 2.45) is 0 Å². The van der Waals surface area contributed by atoms with Crippen LogP contribution < -0.4 is 5.32 Å². The highest BCUT2D eigenvalue weighted by Gasteiger charge is 2.33. The topological polar surface area (TPSA) is 24.5 Å². The van der Waals surface area contributed by atoms with Gasteiger partial charge >= 0.3 is 0 Å². The second-order valence-electron chi connectivity index (χ2n) is 6.55. The predicted octanol–water partition coefficient (Wildman–Crippen LogP) is 2.27. The minimum atomic E-state index is -0.0503. The van der Waals surface area contributed by atoms with E-state index in [-0.39, 0.29) is 18.0 Å². The zero-order valence-corrected chi connectivity index (χ0v) is 12.4. The van der Waals surface area contributed by atoms with Gasteiger partial charge in [0.25, 0.3) is 0 Å². The maximum absolute atomic E-state index is 13.7. The van der Waals surface area contributed by atoms with Crippen LogP contribution in [0.1, 0.15) is 36.4 Å². The van der Waals surface area contributed by atoms with Gasteiger partial charge in [0, 0.05) is 25.2 Å². The minimum absolute atomic E-state index is 0.0503. The molecule has 1 aromatic rings. The molecule has 4 rings (SSSR count). The molecule has 4 heteroatoms. The van der Waals surface area contributed by atoms with E-state index in [0.29, 0.717) is 6.04 Å². The Morgan fingerprint density at radius 2 is 2.29 bits per heavy atom. The van der Waals surface area contributed by atoms with Crippen LogP contribution in [0.2, 0.25) is 0 Å². The molecule has 114 valence electrons. The summed E-state index contributed by atoms with van der Waals surface area (Å²) in [5.41, 5.74) is 2.05. The monoisotopic (exact) mass is 290 g/mol. The first kappa shape index (κ1) is 13.7. The fraction of sp³-hybridized carbons (Fsp3) is 0.647. The molecule has 0 bridgehead atoms. The SMILES string of the molecule is Fc1cccc2c1CCC2NCC1CN2CCCC2CO1. The van der Waals surface area contributed by atoms with Gasteiger partial charge in [0.15, 0.2) is 0 Å². The highest BCUT2D eigenvalue weighted by molar-refractivity contribution is 5.35. The Morgan fingerprint density at radius 1 is 1.33 bits per heavy atom. The molecule has 3 aliphatic rings. The van der Waals surface area contributed by atoms with Crippen LogP contribution in [0.25, 0.3) is 0 Å². The van der Waals surface area contributed by atoms with Crippen LogP contribution >= 0.6 is 0 Å². The number of fused-ring (bicyclic) bond motifs is 2. The Labute approximate surface area is 125 Å². The maximum Gasteiger partial charge on any atom is 0.126 e. The van der Waals surface area contributed by atoms with E-state index in [9.17, 15) is 4.39 Å². The second kappa shape index (κ2) is 5.67. The summed E-state index contributed by atoms with van der Waals surface area (Å²) in [4.78, 5) is 2.57. The first-order valence-electron chi connectivity index (χ1n) is 8.17. The van der Waals surface area contributed by atoms with Gasteiger partial charge in [-0.25, -0.2) is 4.39 Å². The van der Waals surface area contributed by atoms with Crippen molar-refractivity contribution in [2.45, 2.75) is 43.9 Å². The summed E-state index contributed by atoms with van der Waals surface area (Å²) in [5.74, 6) is -0.0503. The molecule has 3 atom stereocenters. The van der Waals surface area contributed by atoms with Crippen LogP contribution in [0.4, 0.5) is 4.39 Å². The molecule has 21 heavy (non-hydrogen) atoms. The summed E-state index contributed by atoms with van der Waals surface area (Å²) >= 11 is 0. The van der Waals surface area contributed by atoms with E-state index in [1.165, 1.54) is 19.4 Å². The van der Waals surface area contributed by atoms with E-state index in [2.05, 4.69) is 16.3 Å². The van der Waals surface area contributed by atoms with Gasteiger partial charge in [-0.1, -0.05) is 12.1 Å². The number of nitrogens with one attached hydrogen (secondary N) is 1. The first-order valence-corrected chi connectivity index (χ1v) is 8.17. The smallest absolute Gasteiger partial charge is 0.126 e. The van der Waals surface area contributed by atoms with Gasteiger partial charge in [0.1, 0.15) is 5.82 Å². The van der Waals surface area contributed by atoms with Crippen LogP contribution in [0, 0.1) is 5.82 Å². The van der Waals surface area contributed by atoms with Crippen molar-refractivity contribution in [2.75, 3.05) is 26.2 Å². The van der Waals surface area contributed by atoms with Crippen molar-refractivity contribution in [3.63, 3.8) is 0 Å². The number of nitrogens with zero attached hydrogens (tertiary/aromatic N) is 1. The number of hydrogen-bond acceptors (Lipinski definition) is 3. The van der Waals surface area contributed by atoms with Gasteiger partial charge < -0.3 is 10.1 Å². The molecule has 0 amide bonds. The first-order chi connectivity index (χ1) is 10.3. The molecule has 0 aromatic heterocycles. The molecule has 3 nitrogen and oxygen atoms in total. The molecule has 1 aromatic carbocycles. The van der Waals surface area contributed by atoms with Crippen LogP contribution in [0.5, 0.6) is 0 Å². The van der Waals surface area contributed by atoms with Crippen LogP contribution in [-0.4, -0.2) is 43.3 Å². The summed E-state index contributed by atoms with van der Waals surface area (Å²) in [6.45, 7) is 4.01. The van der Waals surface area contributed by atoms with Crippen molar-refractivity contribution < 1.29 is 9.13 Å². The molecule has 1 N–H and O–H groups in total. The van der Waals surface area contributed by atoms with Gasteiger partial charge in [-0.15, -0.1) is 0 Å². The van der Waals surface area contributed by atoms with E-state index in [4.69, 9.17) is 4.74 Å². The fourth-order valence-electron chi connectivity index (χ4n) is 4.10. The lowest BCUT2D eigenvalue weighted by Crippen LogP contribution is -2.49. The van der Waals surface area contributed by atoms with Crippen molar-refractivity contribution >= 4 is 0 Å². The van der Waals surface area contributed by atoms with Crippen molar-refractivity contribution in [1.82, 2.24) is 10.2 Å². The quantitative estimate of drug-likeness (QED) is 0.924. The van der Waals surface area contributed by atoms with E-state index >= 15 is 0 Å². The van der Waals surface area contributed by atoms with Gasteiger partial charge in [-0.05, 0) is 49.4 Å². The molecule has 0 saturated carbocycles. The maximum atomic E-state index is 13.7. The number of benzene rings is 1. The zero-order valence-electron chi connectivity index (χ0n) is 12.4. The van der Waals surface area contributed by atoms with E-state index < -0.39 is 0 Å². The van der Waals surface area contributed by atoms with Gasteiger partial charge in [0.05, 0.1) is 12.7 Å². The van der Waals surface area contributed by atoms with Crippen molar-refractivity contribution in [1.29, 1.82) is 0 Å². The predicted molar refractivity (Wildman–Crippen MR) is 79.8 cm³/mol. The largest absolute Gasteiger partial charge is 0.374 e. The number of halogens is 1.